The first-order chi connectivity index (χ1) is 8.81. The van der Waals surface area contributed by atoms with E-state index in [9.17, 15) is 17.6 Å². The molecule has 0 fully saturated rings. The van der Waals surface area contributed by atoms with Crippen molar-refractivity contribution in [2.45, 2.75) is 6.18 Å². The maximum atomic E-state index is 13.4. The van der Waals surface area contributed by atoms with E-state index in [2.05, 4.69) is 17.0 Å². The van der Waals surface area contributed by atoms with Gasteiger partial charge in [-0.2, -0.15) is 13.2 Å². The van der Waals surface area contributed by atoms with Crippen molar-refractivity contribution in [3.63, 3.8) is 0 Å². The fraction of sp³-hybridized carbons (Fsp3) is 0.364. The molecule has 1 rings (SSSR count). The summed E-state index contributed by atoms with van der Waals surface area (Å²) in [7, 11) is 0. The first-order valence-electron chi connectivity index (χ1n) is 5.17. The molecule has 0 heterocycles. The highest BCUT2D eigenvalue weighted by Gasteiger charge is 2.27. The summed E-state index contributed by atoms with van der Waals surface area (Å²) in [5.41, 5.74) is 5.26. The minimum absolute atomic E-state index is 0.0723. The van der Waals surface area contributed by atoms with Crippen molar-refractivity contribution >= 4 is 17.2 Å². The Hall–Kier alpha value is -1.41. The first kappa shape index (κ1) is 15.6. The standard InChI is InChI=1S/C11H11F4NO2S/c12-7-2-1-3-8(9(7)10(16)19)18-5-4-17-6-11(13,14)15/h1-3H,4-6H2,(H2,16,19). The Labute approximate surface area is 112 Å². The van der Waals surface area contributed by atoms with Gasteiger partial charge >= 0.3 is 6.18 Å². The number of alkyl halides is 3. The number of ether oxygens (including phenoxy) is 2. The number of nitrogens with two attached hydrogens (primary N) is 1. The molecule has 8 heteroatoms. The highest BCUT2D eigenvalue weighted by Crippen LogP contribution is 2.21. The predicted molar refractivity (Wildman–Crippen MR) is 64.7 cm³/mol. The van der Waals surface area contributed by atoms with E-state index in [-0.39, 0.29) is 29.5 Å². The van der Waals surface area contributed by atoms with Crippen LogP contribution in [-0.2, 0) is 4.74 Å². The Morgan fingerprint density at radius 3 is 2.53 bits per heavy atom. The van der Waals surface area contributed by atoms with E-state index < -0.39 is 18.6 Å². The van der Waals surface area contributed by atoms with Crippen molar-refractivity contribution in [1.82, 2.24) is 0 Å². The number of thiocarbonyl (C=S) groups is 1. The summed E-state index contributed by atoms with van der Waals surface area (Å²) in [5, 5.41) is 0. The molecule has 3 nitrogen and oxygen atoms in total. The van der Waals surface area contributed by atoms with Crippen LogP contribution < -0.4 is 10.5 Å². The van der Waals surface area contributed by atoms with E-state index in [1.165, 1.54) is 12.1 Å². The lowest BCUT2D eigenvalue weighted by molar-refractivity contribution is -0.175. The largest absolute Gasteiger partial charge is 0.490 e. The highest BCUT2D eigenvalue weighted by molar-refractivity contribution is 7.80. The van der Waals surface area contributed by atoms with Gasteiger partial charge in [0, 0.05) is 0 Å². The third-order valence-electron chi connectivity index (χ3n) is 1.97. The molecule has 1 aromatic rings. The molecule has 0 aliphatic heterocycles. The number of benzene rings is 1. The summed E-state index contributed by atoms with van der Waals surface area (Å²) in [5.74, 6) is -0.579. The van der Waals surface area contributed by atoms with Gasteiger partial charge in [0.05, 0.1) is 12.2 Å². The molecule has 0 radical (unpaired) electrons. The minimum Gasteiger partial charge on any atom is -0.490 e. The van der Waals surface area contributed by atoms with Crippen LogP contribution in [0.25, 0.3) is 0 Å². The zero-order valence-electron chi connectivity index (χ0n) is 9.67. The Kier molecular flexibility index (Phi) is 5.49. The van der Waals surface area contributed by atoms with Gasteiger partial charge in [0.15, 0.2) is 0 Å². The average molecular weight is 297 g/mol. The van der Waals surface area contributed by atoms with Crippen molar-refractivity contribution in [3.8, 4) is 5.75 Å². The van der Waals surface area contributed by atoms with Crippen molar-refractivity contribution in [2.75, 3.05) is 19.8 Å². The zero-order valence-corrected chi connectivity index (χ0v) is 10.5. The molecular weight excluding hydrogens is 286 g/mol. The van der Waals surface area contributed by atoms with Crippen LogP contribution in [0.15, 0.2) is 18.2 Å². The van der Waals surface area contributed by atoms with Crippen LogP contribution in [0.3, 0.4) is 0 Å². The van der Waals surface area contributed by atoms with Gasteiger partial charge in [-0.3, -0.25) is 0 Å². The van der Waals surface area contributed by atoms with Crippen molar-refractivity contribution < 1.29 is 27.0 Å². The fourth-order valence-corrected chi connectivity index (χ4v) is 1.46. The van der Waals surface area contributed by atoms with Crippen LogP contribution in [-0.4, -0.2) is 31.0 Å². The van der Waals surface area contributed by atoms with Gasteiger partial charge in [0.25, 0.3) is 0 Å². The summed E-state index contributed by atoms with van der Waals surface area (Å²) in [4.78, 5) is -0.190. The van der Waals surface area contributed by atoms with Crippen molar-refractivity contribution in [3.05, 3.63) is 29.6 Å². The molecule has 0 bridgehead atoms. The van der Waals surface area contributed by atoms with Crippen molar-refractivity contribution in [2.24, 2.45) is 5.73 Å². The van der Waals surface area contributed by atoms with E-state index >= 15 is 0 Å². The van der Waals surface area contributed by atoms with Gasteiger partial charge in [-0.1, -0.05) is 18.3 Å². The summed E-state index contributed by atoms with van der Waals surface area (Å²) in [6, 6.07) is 3.95. The molecule has 2 N–H and O–H groups in total. The molecule has 0 aromatic heterocycles. The summed E-state index contributed by atoms with van der Waals surface area (Å²) < 4.78 is 58.2. The number of hydrogen-bond acceptors (Lipinski definition) is 3. The normalized spacial score (nSPS) is 11.4. The van der Waals surface area contributed by atoms with E-state index in [0.717, 1.165) is 6.07 Å². The molecular formula is C11H11F4NO2S. The molecule has 0 spiro atoms. The van der Waals surface area contributed by atoms with Gasteiger partial charge in [0.2, 0.25) is 0 Å². The Bertz CT molecular complexity index is 451. The zero-order chi connectivity index (χ0) is 14.5. The minimum atomic E-state index is -4.39. The van der Waals surface area contributed by atoms with E-state index in [1.807, 2.05) is 0 Å². The number of rotatable bonds is 6. The quantitative estimate of drug-likeness (QED) is 0.497. The second kappa shape index (κ2) is 6.67. The molecule has 0 aliphatic carbocycles. The van der Waals surface area contributed by atoms with Crippen LogP contribution >= 0.6 is 12.2 Å². The molecule has 0 unspecified atom stereocenters. The molecule has 0 aliphatic rings. The summed E-state index contributed by atoms with van der Waals surface area (Å²) in [6.45, 7) is -1.82. The second-order valence-electron chi connectivity index (χ2n) is 3.49. The lowest BCUT2D eigenvalue weighted by Gasteiger charge is -2.12. The Balaban J connectivity index is 2.50. The predicted octanol–water partition coefficient (Wildman–Crippen LogP) is 2.42. The third kappa shape index (κ3) is 5.39. The second-order valence-corrected chi connectivity index (χ2v) is 3.93. The van der Waals surface area contributed by atoms with Crippen LogP contribution in [0.2, 0.25) is 0 Å². The molecule has 0 amide bonds. The molecule has 1 aromatic carbocycles. The Morgan fingerprint density at radius 2 is 1.95 bits per heavy atom. The van der Waals surface area contributed by atoms with Gasteiger partial charge in [-0.15, -0.1) is 0 Å². The fourth-order valence-electron chi connectivity index (χ4n) is 1.26. The van der Waals surface area contributed by atoms with Crippen LogP contribution in [0.4, 0.5) is 17.6 Å². The third-order valence-corrected chi connectivity index (χ3v) is 2.18. The van der Waals surface area contributed by atoms with Gasteiger partial charge < -0.3 is 15.2 Å². The summed E-state index contributed by atoms with van der Waals surface area (Å²) in [6.07, 6.45) is -4.39. The number of hydrogen-bond donors (Lipinski definition) is 1. The maximum absolute atomic E-state index is 13.4. The highest BCUT2D eigenvalue weighted by atomic mass is 32.1. The van der Waals surface area contributed by atoms with Crippen LogP contribution in [0.1, 0.15) is 5.56 Å². The monoisotopic (exact) mass is 297 g/mol. The molecule has 0 saturated heterocycles. The van der Waals surface area contributed by atoms with Gasteiger partial charge in [-0.25, -0.2) is 4.39 Å². The Morgan fingerprint density at radius 1 is 1.26 bits per heavy atom. The molecule has 19 heavy (non-hydrogen) atoms. The maximum Gasteiger partial charge on any atom is 0.411 e. The topological polar surface area (TPSA) is 44.5 Å². The van der Waals surface area contributed by atoms with Crippen LogP contribution in [0, 0.1) is 5.82 Å². The SMILES string of the molecule is NC(=S)c1c(F)cccc1OCCOCC(F)(F)F. The van der Waals surface area contributed by atoms with Crippen molar-refractivity contribution in [1.29, 1.82) is 0 Å². The lowest BCUT2D eigenvalue weighted by Crippen LogP contribution is -2.20. The first-order valence-corrected chi connectivity index (χ1v) is 5.57. The van der Waals surface area contributed by atoms with Gasteiger partial charge in [0.1, 0.15) is 29.8 Å². The smallest absolute Gasteiger partial charge is 0.411 e. The molecule has 0 saturated carbocycles. The summed E-state index contributed by atoms with van der Waals surface area (Å²) >= 11 is 4.67. The van der Waals surface area contributed by atoms with E-state index in [1.54, 1.807) is 0 Å². The lowest BCUT2D eigenvalue weighted by atomic mass is 10.2. The van der Waals surface area contributed by atoms with E-state index in [0.29, 0.717) is 0 Å². The van der Waals surface area contributed by atoms with Crippen LogP contribution in [0.5, 0.6) is 5.75 Å². The van der Waals surface area contributed by atoms with Gasteiger partial charge in [-0.05, 0) is 12.1 Å². The average Bonchev–Trinajstić information content (AvgIpc) is 2.26. The van der Waals surface area contributed by atoms with E-state index in [4.69, 9.17) is 10.5 Å². The molecule has 106 valence electrons. The number of halogens is 4. The molecule has 0 atom stereocenters.